The predicted molar refractivity (Wildman–Crippen MR) is 174 cm³/mol. The van der Waals surface area contributed by atoms with E-state index in [4.69, 9.17) is 10.3 Å². The second-order valence-electron chi connectivity index (χ2n) is 13.1. The highest BCUT2D eigenvalue weighted by Crippen LogP contribution is 2.43. The number of nitrogens with two attached hydrogens (primary N) is 1. The fraction of sp³-hybridized carbons (Fsp3) is 0.788. The highest BCUT2D eigenvalue weighted by atomic mass is 31.2. The third-order valence-corrected chi connectivity index (χ3v) is 8.22. The molecule has 0 spiro atoms. The van der Waals surface area contributed by atoms with Crippen LogP contribution in [0, 0.1) is 0 Å². The van der Waals surface area contributed by atoms with E-state index in [-0.39, 0.29) is 18.9 Å². The van der Waals surface area contributed by atoms with E-state index in [1.807, 2.05) is 21.1 Å². The molecule has 0 aliphatic rings. The van der Waals surface area contributed by atoms with Gasteiger partial charge in [-0.15, -0.1) is 0 Å². The number of nitrogens with one attached hydrogen (secondary N) is 1. The molecule has 9 heteroatoms. The van der Waals surface area contributed by atoms with Crippen molar-refractivity contribution < 1.29 is 28.2 Å². The molecule has 1 rings (SSSR count). The second-order valence-corrected chi connectivity index (χ2v) is 14.3. The van der Waals surface area contributed by atoms with Crippen molar-refractivity contribution in [3.63, 3.8) is 0 Å². The molecule has 0 bridgehead atoms. The number of benzene rings is 1. The summed E-state index contributed by atoms with van der Waals surface area (Å²) in [6.07, 6.45) is 22.1. The Hall–Kier alpha value is -1.28. The number of amides is 1. The molecule has 1 amide bonds. The van der Waals surface area contributed by atoms with Gasteiger partial charge in [-0.2, -0.15) is 0 Å². The lowest BCUT2D eigenvalue weighted by Crippen LogP contribution is -2.60. The number of hydrogen-bond acceptors (Lipinski definition) is 4. The Bertz CT molecular complexity index is 859. The van der Waals surface area contributed by atoms with Crippen LogP contribution in [0.3, 0.4) is 0 Å². The van der Waals surface area contributed by atoms with E-state index >= 15 is 0 Å². The normalized spacial score (nSPS) is 13.7. The standard InChI is InChI=1S/C33H62N3O5P/c1-36(2,3)30-33(41-42(38,39)40,35-32(37)27-23-29-34)28-22-17-15-13-11-9-7-5-4-6-8-10-12-14-16-19-24-31-25-20-18-21-26-31/h18,20-21,25-26H,4-17,19,22-24,27-30,34H2,1-3H3,(H2-,35,37,38,39,40)/p+1. The minimum atomic E-state index is -4.81. The van der Waals surface area contributed by atoms with E-state index in [9.17, 15) is 19.1 Å². The van der Waals surface area contributed by atoms with Gasteiger partial charge in [0, 0.05) is 12.8 Å². The van der Waals surface area contributed by atoms with Crippen molar-refractivity contribution >= 4 is 13.7 Å². The maximum Gasteiger partial charge on any atom is 0.471 e. The number of quaternary nitrogens is 1. The summed E-state index contributed by atoms with van der Waals surface area (Å²) < 4.78 is 17.5. The first kappa shape index (κ1) is 38.7. The molecule has 0 heterocycles. The molecule has 0 aliphatic heterocycles. The van der Waals surface area contributed by atoms with Crippen LogP contribution in [0.5, 0.6) is 0 Å². The molecule has 244 valence electrons. The number of phosphoric ester groups is 1. The Morgan fingerprint density at radius 2 is 1.24 bits per heavy atom. The van der Waals surface area contributed by atoms with Crippen molar-refractivity contribution in [2.24, 2.45) is 5.73 Å². The van der Waals surface area contributed by atoms with Gasteiger partial charge in [0.1, 0.15) is 6.54 Å². The summed E-state index contributed by atoms with van der Waals surface area (Å²) in [5.41, 5.74) is 5.57. The van der Waals surface area contributed by atoms with E-state index < -0.39 is 13.5 Å². The van der Waals surface area contributed by atoms with Gasteiger partial charge in [0.2, 0.25) is 11.6 Å². The molecule has 1 unspecified atom stereocenters. The van der Waals surface area contributed by atoms with Gasteiger partial charge >= 0.3 is 7.82 Å². The van der Waals surface area contributed by atoms with Gasteiger partial charge in [-0.3, -0.25) is 9.32 Å². The highest BCUT2D eigenvalue weighted by molar-refractivity contribution is 7.46. The molecule has 1 aromatic rings. The van der Waals surface area contributed by atoms with Crippen molar-refractivity contribution in [3.05, 3.63) is 35.9 Å². The van der Waals surface area contributed by atoms with Crippen LogP contribution in [0.1, 0.15) is 128 Å². The number of nitrogens with zero attached hydrogens (tertiary/aromatic N) is 1. The Labute approximate surface area is 257 Å². The van der Waals surface area contributed by atoms with Gasteiger partial charge in [-0.1, -0.05) is 120 Å². The van der Waals surface area contributed by atoms with Crippen LogP contribution < -0.4 is 11.1 Å². The summed E-state index contributed by atoms with van der Waals surface area (Å²) in [4.78, 5) is 31.8. The molecule has 8 nitrogen and oxygen atoms in total. The van der Waals surface area contributed by atoms with E-state index in [1.165, 1.54) is 89.0 Å². The Morgan fingerprint density at radius 1 is 0.786 bits per heavy atom. The van der Waals surface area contributed by atoms with Gasteiger partial charge in [0.25, 0.3) is 0 Å². The summed E-state index contributed by atoms with van der Waals surface area (Å²) in [5.74, 6) is -0.295. The van der Waals surface area contributed by atoms with Gasteiger partial charge in [-0.25, -0.2) is 4.57 Å². The first-order valence-electron chi connectivity index (χ1n) is 16.6. The third kappa shape index (κ3) is 22.3. The summed E-state index contributed by atoms with van der Waals surface area (Å²) in [6.45, 7) is 0.631. The molecule has 1 aromatic carbocycles. The van der Waals surface area contributed by atoms with Crippen LogP contribution in [0.25, 0.3) is 0 Å². The largest absolute Gasteiger partial charge is 0.471 e. The molecular formula is C33H63N3O5P+. The van der Waals surface area contributed by atoms with Crippen molar-refractivity contribution in [2.45, 2.75) is 134 Å². The van der Waals surface area contributed by atoms with Crippen molar-refractivity contribution in [1.82, 2.24) is 5.32 Å². The van der Waals surface area contributed by atoms with Gasteiger partial charge < -0.3 is 25.3 Å². The minimum absolute atomic E-state index is 0.204. The van der Waals surface area contributed by atoms with E-state index in [0.29, 0.717) is 23.9 Å². The zero-order valence-electron chi connectivity index (χ0n) is 27.0. The Balaban J connectivity index is 2.13. The number of aryl methyl sites for hydroxylation is 1. The molecule has 1 atom stereocenters. The third-order valence-electron chi connectivity index (χ3n) is 7.64. The zero-order valence-corrected chi connectivity index (χ0v) is 27.9. The number of hydrogen-bond donors (Lipinski definition) is 4. The lowest BCUT2D eigenvalue weighted by molar-refractivity contribution is -0.877. The summed E-state index contributed by atoms with van der Waals surface area (Å²) in [7, 11) is 0.940. The maximum absolute atomic E-state index is 12.5. The number of unbranched alkanes of at least 4 members (excludes halogenated alkanes) is 15. The SMILES string of the molecule is C[N+](C)(C)CC(CCCCCCCCCCCCCCCCCCc1ccccc1)(NC(=O)CCCN)OP(=O)(O)O. The average molecular weight is 613 g/mol. The van der Waals surface area contributed by atoms with Crippen molar-refractivity contribution in [1.29, 1.82) is 0 Å². The van der Waals surface area contributed by atoms with Crippen molar-refractivity contribution in [2.75, 3.05) is 34.2 Å². The molecule has 0 aliphatic carbocycles. The highest BCUT2D eigenvalue weighted by Gasteiger charge is 2.43. The minimum Gasteiger partial charge on any atom is -0.330 e. The number of rotatable bonds is 27. The first-order valence-corrected chi connectivity index (χ1v) is 18.1. The van der Waals surface area contributed by atoms with Crippen LogP contribution in [-0.2, 0) is 20.3 Å². The van der Waals surface area contributed by atoms with Crippen LogP contribution in [-0.4, -0.2) is 60.1 Å². The fourth-order valence-electron chi connectivity index (χ4n) is 5.71. The number of phosphoric acid groups is 1. The van der Waals surface area contributed by atoms with Crippen molar-refractivity contribution in [3.8, 4) is 0 Å². The molecule has 0 fully saturated rings. The molecule has 5 N–H and O–H groups in total. The van der Waals surface area contributed by atoms with E-state index in [2.05, 4.69) is 35.6 Å². The monoisotopic (exact) mass is 612 g/mol. The molecule has 0 aromatic heterocycles. The second kappa shape index (κ2) is 22.3. The summed E-state index contributed by atoms with van der Waals surface area (Å²) >= 11 is 0. The van der Waals surface area contributed by atoms with Gasteiger partial charge in [-0.05, 0) is 37.8 Å². The summed E-state index contributed by atoms with van der Waals surface area (Å²) in [6, 6.07) is 10.8. The van der Waals surface area contributed by atoms with E-state index in [1.54, 1.807) is 0 Å². The molecular weight excluding hydrogens is 549 g/mol. The van der Waals surface area contributed by atoms with Crippen LogP contribution in [0.2, 0.25) is 0 Å². The van der Waals surface area contributed by atoms with Crippen LogP contribution >= 0.6 is 7.82 Å². The van der Waals surface area contributed by atoms with Crippen LogP contribution in [0.15, 0.2) is 30.3 Å². The number of carbonyl (C=O) groups excluding carboxylic acids is 1. The van der Waals surface area contributed by atoms with E-state index in [0.717, 1.165) is 25.7 Å². The Kier molecular flexibility index (Phi) is 20.5. The topological polar surface area (TPSA) is 122 Å². The predicted octanol–water partition coefficient (Wildman–Crippen LogP) is 7.23. The quantitative estimate of drug-likeness (QED) is 0.0360. The maximum atomic E-state index is 12.5. The molecule has 42 heavy (non-hydrogen) atoms. The zero-order chi connectivity index (χ0) is 31.2. The lowest BCUT2D eigenvalue weighted by atomic mass is 10.0. The number of carbonyl (C=O) groups is 1. The number of likely N-dealkylation sites (N-methyl/N-ethyl adjacent to an activating group) is 1. The molecule has 0 saturated heterocycles. The van der Waals surface area contributed by atoms with Gasteiger partial charge in [0.05, 0.1) is 21.1 Å². The smallest absolute Gasteiger partial charge is 0.330 e. The van der Waals surface area contributed by atoms with Gasteiger partial charge in [0.15, 0.2) is 0 Å². The lowest BCUT2D eigenvalue weighted by Gasteiger charge is -2.39. The molecule has 0 radical (unpaired) electrons. The van der Waals surface area contributed by atoms with Crippen LogP contribution in [0.4, 0.5) is 0 Å². The first-order chi connectivity index (χ1) is 19.9. The Morgan fingerprint density at radius 3 is 1.67 bits per heavy atom. The average Bonchev–Trinajstić information content (AvgIpc) is 2.89. The fourth-order valence-corrected chi connectivity index (χ4v) is 6.36. The summed E-state index contributed by atoms with van der Waals surface area (Å²) in [5, 5.41) is 2.81. The molecule has 0 saturated carbocycles.